The van der Waals surface area contributed by atoms with Crippen LogP contribution in [0.25, 0.3) is 0 Å². The zero-order valence-electron chi connectivity index (χ0n) is 21.3. The van der Waals surface area contributed by atoms with E-state index in [2.05, 4.69) is 22.0 Å². The highest BCUT2D eigenvalue weighted by Crippen LogP contribution is 2.31. The van der Waals surface area contributed by atoms with E-state index >= 15 is 0 Å². The van der Waals surface area contributed by atoms with Gasteiger partial charge in [-0.2, -0.15) is 0 Å². The minimum Gasteiger partial charge on any atom is -0.356 e. The van der Waals surface area contributed by atoms with Crippen molar-refractivity contribution in [2.45, 2.75) is 57.1 Å². The second-order valence-corrected chi connectivity index (χ2v) is 10.9. The van der Waals surface area contributed by atoms with Crippen molar-refractivity contribution < 1.29 is 19.0 Å². The molecule has 0 aromatic heterocycles. The maximum Gasteiger partial charge on any atom is 0.223 e. The minimum atomic E-state index is -0.312. The van der Waals surface area contributed by atoms with Gasteiger partial charge in [-0.1, -0.05) is 23.7 Å². The van der Waals surface area contributed by atoms with E-state index in [0.29, 0.717) is 5.02 Å². The van der Waals surface area contributed by atoms with Crippen molar-refractivity contribution in [3.63, 3.8) is 0 Å². The largest absolute Gasteiger partial charge is 0.356 e. The molecule has 0 radical (unpaired) electrons. The number of rotatable bonds is 8. The Bertz CT molecular complexity index is 903. The van der Waals surface area contributed by atoms with E-state index < -0.39 is 0 Å². The van der Waals surface area contributed by atoms with Gasteiger partial charge in [-0.05, 0) is 58.0 Å². The zero-order chi connectivity index (χ0) is 25.0. The molecule has 4 aliphatic rings. The number of aliphatic imine (C=N–C) groups is 1. The van der Waals surface area contributed by atoms with Crippen molar-refractivity contribution >= 4 is 23.2 Å². The fraction of sp³-hybridized carbons (Fsp3) is 0.704. The predicted octanol–water partition coefficient (Wildman–Crippen LogP) is 3.26. The highest BCUT2D eigenvalue weighted by atomic mass is 35.5. The van der Waals surface area contributed by atoms with Gasteiger partial charge in [0.25, 0.3) is 0 Å². The smallest absolute Gasteiger partial charge is 0.223 e. The van der Waals surface area contributed by atoms with E-state index in [4.69, 9.17) is 30.8 Å². The maximum atomic E-state index is 12.7. The predicted molar refractivity (Wildman–Crippen MR) is 139 cm³/mol. The summed E-state index contributed by atoms with van der Waals surface area (Å²) in [5.41, 5.74) is 2.10. The molecule has 9 heteroatoms. The van der Waals surface area contributed by atoms with E-state index in [1.54, 1.807) is 0 Å². The van der Waals surface area contributed by atoms with Crippen molar-refractivity contribution in [1.29, 1.82) is 0 Å². The number of carbonyl (C=O) groups is 1. The van der Waals surface area contributed by atoms with E-state index in [9.17, 15) is 4.79 Å². The van der Waals surface area contributed by atoms with E-state index in [1.165, 1.54) is 0 Å². The van der Waals surface area contributed by atoms with Gasteiger partial charge in [0, 0.05) is 55.5 Å². The average Bonchev–Trinajstić information content (AvgIpc) is 3.50. The molecule has 0 saturated carbocycles. The number of benzene rings is 1. The van der Waals surface area contributed by atoms with Crippen molar-refractivity contribution in [3.05, 3.63) is 34.9 Å². The van der Waals surface area contributed by atoms with E-state index in [0.717, 1.165) is 102 Å². The molecule has 3 saturated heterocycles. The summed E-state index contributed by atoms with van der Waals surface area (Å²) in [5.74, 6) is -0.000535. The van der Waals surface area contributed by atoms with Crippen LogP contribution >= 0.6 is 11.6 Å². The van der Waals surface area contributed by atoms with Crippen LogP contribution in [0.1, 0.15) is 50.8 Å². The molecule has 36 heavy (non-hydrogen) atoms. The molecule has 3 fully saturated rings. The third-order valence-corrected chi connectivity index (χ3v) is 8.22. The monoisotopic (exact) mass is 518 g/mol. The second kappa shape index (κ2) is 11.9. The molecule has 1 aromatic rings. The van der Waals surface area contributed by atoms with E-state index in [1.807, 2.05) is 24.3 Å². The lowest BCUT2D eigenvalue weighted by Gasteiger charge is -2.37. The Morgan fingerprint density at radius 1 is 1.08 bits per heavy atom. The first-order valence-corrected chi connectivity index (χ1v) is 13.9. The molecule has 8 nitrogen and oxygen atoms in total. The van der Waals surface area contributed by atoms with Crippen LogP contribution in [0.5, 0.6) is 0 Å². The Balaban J connectivity index is 0.977. The van der Waals surface area contributed by atoms with Gasteiger partial charge in [0.05, 0.1) is 25.0 Å². The van der Waals surface area contributed by atoms with Crippen molar-refractivity contribution in [1.82, 2.24) is 15.1 Å². The summed E-state index contributed by atoms with van der Waals surface area (Å²) in [5, 5.41) is 3.89. The third-order valence-electron chi connectivity index (χ3n) is 7.97. The zero-order valence-corrected chi connectivity index (χ0v) is 22.0. The first kappa shape index (κ1) is 26.1. The Kier molecular flexibility index (Phi) is 8.60. The van der Waals surface area contributed by atoms with Crippen LogP contribution < -0.4 is 5.32 Å². The number of nitrogens with zero attached hydrogens (tertiary/aromatic N) is 3. The van der Waals surface area contributed by atoms with Crippen LogP contribution in [0.4, 0.5) is 0 Å². The van der Waals surface area contributed by atoms with E-state index in [-0.39, 0.29) is 29.9 Å². The molecule has 1 N–H and O–H groups in total. The highest BCUT2D eigenvalue weighted by molar-refractivity contribution is 6.30. The molecule has 1 aromatic carbocycles. The fourth-order valence-corrected chi connectivity index (χ4v) is 5.78. The van der Waals surface area contributed by atoms with Gasteiger partial charge in [0.15, 0.2) is 12.0 Å². The molecular weight excluding hydrogens is 480 g/mol. The van der Waals surface area contributed by atoms with Crippen molar-refractivity contribution in [2.24, 2.45) is 10.9 Å². The number of hydrogen-bond donors (Lipinski definition) is 1. The average molecular weight is 519 g/mol. The number of nitrogens with one attached hydrogen (secondary N) is 1. The van der Waals surface area contributed by atoms with Gasteiger partial charge in [0.1, 0.15) is 0 Å². The first-order valence-electron chi connectivity index (χ1n) is 13.5. The summed E-state index contributed by atoms with van der Waals surface area (Å²) in [4.78, 5) is 22.4. The summed E-state index contributed by atoms with van der Waals surface area (Å²) in [6.45, 7) is 9.88. The SMILES string of the molecule is CC1OC(c2ccc(Cl)cc2)N=C1CN1CCC(C(=O)NCCCN2CCC3(CC2)OCCO3)CC1. The van der Waals surface area contributed by atoms with Gasteiger partial charge in [0.2, 0.25) is 5.91 Å². The minimum absolute atomic E-state index is 0.00430. The molecule has 1 amide bonds. The van der Waals surface area contributed by atoms with Gasteiger partial charge >= 0.3 is 0 Å². The second-order valence-electron chi connectivity index (χ2n) is 10.4. The lowest BCUT2D eigenvalue weighted by molar-refractivity contribution is -0.185. The number of hydrogen-bond acceptors (Lipinski definition) is 7. The Morgan fingerprint density at radius 2 is 1.78 bits per heavy atom. The number of halogens is 1. The number of piperidine rings is 2. The number of amides is 1. The third kappa shape index (κ3) is 6.47. The van der Waals surface area contributed by atoms with Crippen LogP contribution in [0.2, 0.25) is 5.02 Å². The number of likely N-dealkylation sites (tertiary alicyclic amines) is 2. The van der Waals surface area contributed by atoms with Crippen LogP contribution in [-0.4, -0.2) is 92.3 Å². The highest BCUT2D eigenvalue weighted by Gasteiger charge is 2.39. The van der Waals surface area contributed by atoms with Crippen molar-refractivity contribution in [3.8, 4) is 0 Å². The standard InChI is InChI=1S/C27H39ClN4O4/c1-20-24(30-26(36-20)22-3-5-23(28)6-4-22)19-32-13-7-21(8-14-32)25(33)29-11-2-12-31-15-9-27(10-16-31)34-17-18-35-27/h3-6,20-21,26H,2,7-19H2,1H3,(H,29,33). The van der Waals surface area contributed by atoms with Crippen LogP contribution in [0, 0.1) is 5.92 Å². The summed E-state index contributed by atoms with van der Waals surface area (Å²) in [6.07, 6.45) is 4.38. The van der Waals surface area contributed by atoms with Crippen LogP contribution in [-0.2, 0) is 19.0 Å². The normalized spacial score (nSPS) is 27.4. The summed E-state index contributed by atoms with van der Waals surface area (Å²) in [6, 6.07) is 7.69. The summed E-state index contributed by atoms with van der Waals surface area (Å²) >= 11 is 6.00. The topological polar surface area (TPSA) is 75.6 Å². The molecule has 0 bridgehead atoms. The van der Waals surface area contributed by atoms with Gasteiger partial charge in [-0.25, -0.2) is 0 Å². The molecule has 2 atom stereocenters. The lowest BCUT2D eigenvalue weighted by atomic mass is 9.95. The fourth-order valence-electron chi connectivity index (χ4n) is 5.65. The number of ether oxygens (including phenoxy) is 3. The molecule has 1 spiro atoms. The molecule has 5 rings (SSSR count). The summed E-state index contributed by atoms with van der Waals surface area (Å²) < 4.78 is 17.7. The Hall–Kier alpha value is -1.55. The summed E-state index contributed by atoms with van der Waals surface area (Å²) in [7, 11) is 0. The maximum absolute atomic E-state index is 12.7. The molecule has 4 heterocycles. The van der Waals surface area contributed by atoms with Gasteiger partial charge < -0.3 is 24.4 Å². The Labute approximate surface area is 219 Å². The molecular formula is C27H39ClN4O4. The van der Waals surface area contributed by atoms with Crippen LogP contribution in [0.3, 0.4) is 0 Å². The van der Waals surface area contributed by atoms with Gasteiger partial charge in [-0.15, -0.1) is 0 Å². The van der Waals surface area contributed by atoms with Crippen molar-refractivity contribution in [2.75, 3.05) is 59.0 Å². The van der Waals surface area contributed by atoms with Crippen LogP contribution in [0.15, 0.2) is 29.3 Å². The first-order chi connectivity index (χ1) is 17.5. The quantitative estimate of drug-likeness (QED) is 0.532. The molecule has 0 aliphatic carbocycles. The molecule has 4 aliphatic heterocycles. The van der Waals surface area contributed by atoms with Gasteiger partial charge in [-0.3, -0.25) is 14.7 Å². The lowest BCUT2D eigenvalue weighted by Crippen LogP contribution is -2.46. The molecule has 2 unspecified atom stereocenters. The molecule has 198 valence electrons. The number of carbonyl (C=O) groups excluding carboxylic acids is 1. The Morgan fingerprint density at radius 3 is 2.47 bits per heavy atom.